The van der Waals surface area contributed by atoms with Crippen molar-refractivity contribution in [2.24, 2.45) is 0 Å². The molecule has 0 aliphatic rings. The number of aromatic carboxylic acids is 1. The van der Waals surface area contributed by atoms with E-state index in [1.165, 1.54) is 6.07 Å². The lowest BCUT2D eigenvalue weighted by atomic mass is 10.0. The third-order valence-electron chi connectivity index (χ3n) is 4.05. The molecule has 0 unspecified atom stereocenters. The van der Waals surface area contributed by atoms with E-state index in [2.05, 4.69) is 20.5 Å². The number of nitrogens with one attached hydrogen (secondary N) is 2. The molecule has 0 saturated carbocycles. The van der Waals surface area contributed by atoms with Crippen molar-refractivity contribution in [3.05, 3.63) is 65.5 Å². The summed E-state index contributed by atoms with van der Waals surface area (Å²) in [6, 6.07) is 13.7. The first-order valence-electron chi connectivity index (χ1n) is 8.58. The average molecular weight is 364 g/mol. The highest BCUT2D eigenvalue weighted by Crippen LogP contribution is 2.21. The van der Waals surface area contributed by atoms with Crippen LogP contribution in [0, 0.1) is 0 Å². The van der Waals surface area contributed by atoms with Crippen LogP contribution in [0.25, 0.3) is 11.4 Å². The zero-order chi connectivity index (χ0) is 19.4. The van der Waals surface area contributed by atoms with E-state index in [0.717, 1.165) is 11.4 Å². The molecule has 0 spiro atoms. The summed E-state index contributed by atoms with van der Waals surface area (Å²) in [5.74, 6) is 0.254. The molecule has 1 amide bonds. The number of nitrogens with zero attached hydrogens (tertiary/aromatic N) is 2. The topological polar surface area (TPSA) is 108 Å². The number of rotatable bonds is 6. The Morgan fingerprint density at radius 2 is 1.93 bits per heavy atom. The highest BCUT2D eigenvalue weighted by Gasteiger charge is 2.13. The Morgan fingerprint density at radius 3 is 2.63 bits per heavy atom. The number of amides is 1. The van der Waals surface area contributed by atoms with Gasteiger partial charge in [0.15, 0.2) is 5.82 Å². The number of carbonyl (C=O) groups excluding carboxylic acids is 1. The zero-order valence-corrected chi connectivity index (χ0v) is 15.1. The van der Waals surface area contributed by atoms with E-state index in [1.807, 2.05) is 26.0 Å². The summed E-state index contributed by atoms with van der Waals surface area (Å²) in [6.07, 6.45) is -0.0230. The minimum absolute atomic E-state index is 0.0230. The van der Waals surface area contributed by atoms with Crippen molar-refractivity contribution in [2.45, 2.75) is 26.2 Å². The van der Waals surface area contributed by atoms with Crippen molar-refractivity contribution < 1.29 is 14.7 Å². The van der Waals surface area contributed by atoms with Crippen LogP contribution in [0.3, 0.4) is 0 Å². The predicted molar refractivity (Wildman–Crippen MR) is 102 cm³/mol. The van der Waals surface area contributed by atoms with Gasteiger partial charge in [0.2, 0.25) is 5.91 Å². The van der Waals surface area contributed by atoms with Crippen molar-refractivity contribution in [1.82, 2.24) is 15.2 Å². The molecule has 3 rings (SSSR count). The zero-order valence-electron chi connectivity index (χ0n) is 15.1. The summed E-state index contributed by atoms with van der Waals surface area (Å²) in [7, 11) is 0. The molecule has 27 heavy (non-hydrogen) atoms. The van der Waals surface area contributed by atoms with Crippen LogP contribution in [0.5, 0.6) is 0 Å². The van der Waals surface area contributed by atoms with E-state index >= 15 is 0 Å². The van der Waals surface area contributed by atoms with Gasteiger partial charge in [-0.3, -0.25) is 9.89 Å². The van der Waals surface area contributed by atoms with Crippen molar-refractivity contribution in [2.75, 3.05) is 5.32 Å². The number of benzene rings is 2. The second-order valence-corrected chi connectivity index (χ2v) is 6.47. The molecule has 138 valence electrons. The van der Waals surface area contributed by atoms with Gasteiger partial charge in [-0.1, -0.05) is 44.2 Å². The number of carboxylic acid groups (broad SMARTS) is 1. The fourth-order valence-electron chi connectivity index (χ4n) is 2.66. The molecule has 1 aromatic heterocycles. The van der Waals surface area contributed by atoms with Gasteiger partial charge in [-0.2, -0.15) is 5.10 Å². The molecule has 3 aromatic rings. The monoisotopic (exact) mass is 364 g/mol. The van der Waals surface area contributed by atoms with Gasteiger partial charge in [0.25, 0.3) is 0 Å². The van der Waals surface area contributed by atoms with E-state index in [9.17, 15) is 14.7 Å². The first-order valence-corrected chi connectivity index (χ1v) is 8.58. The van der Waals surface area contributed by atoms with Crippen LogP contribution in [-0.2, 0) is 11.2 Å². The van der Waals surface area contributed by atoms with Crippen molar-refractivity contribution in [1.29, 1.82) is 0 Å². The summed E-state index contributed by atoms with van der Waals surface area (Å²) in [6.45, 7) is 4.05. The Balaban J connectivity index is 1.74. The Bertz CT molecular complexity index is 979. The third-order valence-corrected chi connectivity index (χ3v) is 4.05. The molecular weight excluding hydrogens is 344 g/mol. The largest absolute Gasteiger partial charge is 0.478 e. The molecule has 3 N–H and O–H groups in total. The number of hydrogen-bond acceptors (Lipinski definition) is 4. The number of H-pyrrole nitrogens is 1. The molecule has 0 radical (unpaired) electrons. The lowest BCUT2D eigenvalue weighted by Gasteiger charge is -2.08. The Kier molecular flexibility index (Phi) is 5.30. The van der Waals surface area contributed by atoms with Gasteiger partial charge < -0.3 is 10.4 Å². The maximum absolute atomic E-state index is 12.4. The van der Waals surface area contributed by atoms with Gasteiger partial charge in [-0.15, -0.1) is 0 Å². The SMILES string of the molecule is CC(C)c1nc(-c2cccc(NC(=O)Cc3ccccc3C(=O)O)c2)n[nH]1. The maximum atomic E-state index is 12.4. The molecule has 0 fully saturated rings. The molecule has 2 aromatic carbocycles. The van der Waals surface area contributed by atoms with E-state index in [1.54, 1.807) is 30.3 Å². The van der Waals surface area contributed by atoms with E-state index in [-0.39, 0.29) is 23.8 Å². The van der Waals surface area contributed by atoms with Crippen LogP contribution in [0.15, 0.2) is 48.5 Å². The number of anilines is 1. The maximum Gasteiger partial charge on any atom is 0.335 e. The van der Waals surface area contributed by atoms with Crippen LogP contribution in [0.4, 0.5) is 5.69 Å². The van der Waals surface area contributed by atoms with Crippen molar-refractivity contribution in [3.63, 3.8) is 0 Å². The Labute approximate surface area is 156 Å². The molecule has 0 atom stereocenters. The van der Waals surface area contributed by atoms with Crippen LogP contribution in [-0.4, -0.2) is 32.2 Å². The van der Waals surface area contributed by atoms with Gasteiger partial charge >= 0.3 is 5.97 Å². The molecule has 0 aliphatic carbocycles. The smallest absolute Gasteiger partial charge is 0.335 e. The Hall–Kier alpha value is -3.48. The van der Waals surface area contributed by atoms with Gasteiger partial charge in [0.1, 0.15) is 5.82 Å². The summed E-state index contributed by atoms with van der Waals surface area (Å²) in [5.41, 5.74) is 1.97. The fourth-order valence-corrected chi connectivity index (χ4v) is 2.66. The van der Waals surface area contributed by atoms with Gasteiger partial charge in [0, 0.05) is 17.2 Å². The molecule has 0 saturated heterocycles. The standard InChI is InChI=1S/C20H20N4O3/c1-12(2)18-22-19(24-23-18)14-7-5-8-15(10-14)21-17(25)11-13-6-3-4-9-16(13)20(26)27/h3-10,12H,11H2,1-2H3,(H,21,25)(H,26,27)(H,22,23,24). The van der Waals surface area contributed by atoms with Gasteiger partial charge in [0.05, 0.1) is 12.0 Å². The Morgan fingerprint density at radius 1 is 1.15 bits per heavy atom. The number of aromatic amines is 1. The third kappa shape index (κ3) is 4.38. The fraction of sp³-hybridized carbons (Fsp3) is 0.200. The second-order valence-electron chi connectivity index (χ2n) is 6.47. The molecule has 7 nitrogen and oxygen atoms in total. The van der Waals surface area contributed by atoms with Crippen molar-refractivity contribution in [3.8, 4) is 11.4 Å². The molecule has 0 aliphatic heterocycles. The predicted octanol–water partition coefficient (Wildman–Crippen LogP) is 3.47. The van der Waals surface area contributed by atoms with Gasteiger partial charge in [-0.25, -0.2) is 9.78 Å². The number of carbonyl (C=O) groups is 2. The number of aromatic nitrogens is 3. The van der Waals surface area contributed by atoms with Crippen LogP contribution < -0.4 is 5.32 Å². The lowest BCUT2D eigenvalue weighted by Crippen LogP contribution is -2.16. The van der Waals surface area contributed by atoms with E-state index < -0.39 is 5.97 Å². The van der Waals surface area contributed by atoms with E-state index in [0.29, 0.717) is 17.1 Å². The van der Waals surface area contributed by atoms with E-state index in [4.69, 9.17) is 0 Å². The lowest BCUT2D eigenvalue weighted by molar-refractivity contribution is -0.115. The molecule has 0 bridgehead atoms. The first-order chi connectivity index (χ1) is 12.9. The average Bonchev–Trinajstić information content (AvgIpc) is 3.12. The molecular formula is C20H20N4O3. The second kappa shape index (κ2) is 7.82. The number of carboxylic acids is 1. The minimum Gasteiger partial charge on any atom is -0.478 e. The van der Waals surface area contributed by atoms with Gasteiger partial charge in [-0.05, 0) is 23.8 Å². The highest BCUT2D eigenvalue weighted by atomic mass is 16.4. The highest BCUT2D eigenvalue weighted by molar-refractivity contribution is 5.96. The summed E-state index contributed by atoms with van der Waals surface area (Å²) in [4.78, 5) is 28.1. The van der Waals surface area contributed by atoms with Crippen LogP contribution in [0.1, 0.15) is 41.5 Å². The summed E-state index contributed by atoms with van der Waals surface area (Å²) < 4.78 is 0. The van der Waals surface area contributed by atoms with Crippen molar-refractivity contribution >= 4 is 17.6 Å². The number of hydrogen-bond donors (Lipinski definition) is 3. The quantitative estimate of drug-likeness (QED) is 0.621. The summed E-state index contributed by atoms with van der Waals surface area (Å²) >= 11 is 0. The first kappa shape index (κ1) is 18.3. The van der Waals surface area contributed by atoms with Crippen LogP contribution >= 0.6 is 0 Å². The minimum atomic E-state index is -1.05. The molecule has 1 heterocycles. The molecule has 7 heteroatoms. The normalized spacial score (nSPS) is 10.8. The summed E-state index contributed by atoms with van der Waals surface area (Å²) in [5, 5.41) is 19.1. The van der Waals surface area contributed by atoms with Crippen LogP contribution in [0.2, 0.25) is 0 Å².